The Bertz CT molecular complexity index is 628. The number of carbonyl (C=O) groups is 1. The normalized spacial score (nSPS) is 26.3. The molecule has 0 aromatic heterocycles. The van der Waals surface area contributed by atoms with Crippen LogP contribution in [0.4, 0.5) is 11.4 Å². The van der Waals surface area contributed by atoms with Gasteiger partial charge in [0.05, 0.1) is 0 Å². The third-order valence-electron chi connectivity index (χ3n) is 6.06. The minimum Gasteiger partial charge on any atom is -0.369 e. The van der Waals surface area contributed by atoms with Gasteiger partial charge >= 0.3 is 0 Å². The molecule has 6 heteroatoms. The number of piperidine rings is 1. The first-order valence-electron chi connectivity index (χ1n) is 10.3. The molecule has 1 amide bonds. The van der Waals surface area contributed by atoms with E-state index in [0.29, 0.717) is 6.04 Å². The van der Waals surface area contributed by atoms with Gasteiger partial charge < -0.3 is 15.5 Å². The summed E-state index contributed by atoms with van der Waals surface area (Å²) in [7, 11) is 0. The number of halogens is 1. The van der Waals surface area contributed by atoms with Crippen LogP contribution >= 0.6 is 12.4 Å². The van der Waals surface area contributed by atoms with Crippen LogP contribution in [-0.4, -0.2) is 56.1 Å². The lowest BCUT2D eigenvalue weighted by Crippen LogP contribution is -2.47. The molecule has 5 nitrogen and oxygen atoms in total. The summed E-state index contributed by atoms with van der Waals surface area (Å²) in [6.07, 6.45) is 4.71. The molecule has 4 rings (SSSR count). The van der Waals surface area contributed by atoms with E-state index in [9.17, 15) is 4.79 Å². The van der Waals surface area contributed by atoms with Crippen molar-refractivity contribution in [3.63, 3.8) is 0 Å². The second-order valence-corrected chi connectivity index (χ2v) is 8.35. The first kappa shape index (κ1) is 20.4. The summed E-state index contributed by atoms with van der Waals surface area (Å²) >= 11 is 0. The Kier molecular flexibility index (Phi) is 7.01. The highest BCUT2D eigenvalue weighted by Crippen LogP contribution is 2.30. The SMILES string of the molecule is C[C@H]1C[C@@H](C(=O)Nc2cccc(N3CCN(CC4CC4)CC3)c2)CCN1.Cl. The van der Waals surface area contributed by atoms with Gasteiger partial charge in [-0.25, -0.2) is 0 Å². The molecule has 2 saturated heterocycles. The molecular formula is C21H33ClN4O. The number of hydrogen-bond acceptors (Lipinski definition) is 4. The van der Waals surface area contributed by atoms with Crippen LogP contribution in [0.15, 0.2) is 24.3 Å². The third kappa shape index (κ3) is 5.59. The summed E-state index contributed by atoms with van der Waals surface area (Å²) in [5, 5.41) is 6.56. The van der Waals surface area contributed by atoms with Crippen LogP contribution in [0.25, 0.3) is 0 Å². The number of anilines is 2. The highest BCUT2D eigenvalue weighted by molar-refractivity contribution is 5.93. The van der Waals surface area contributed by atoms with Gasteiger partial charge in [0, 0.05) is 56.1 Å². The zero-order valence-corrected chi connectivity index (χ0v) is 17.1. The van der Waals surface area contributed by atoms with Crippen molar-refractivity contribution >= 4 is 29.7 Å². The van der Waals surface area contributed by atoms with Crippen LogP contribution in [0.5, 0.6) is 0 Å². The van der Waals surface area contributed by atoms with E-state index in [1.54, 1.807) is 0 Å². The fourth-order valence-corrected chi connectivity index (χ4v) is 4.25. The smallest absolute Gasteiger partial charge is 0.227 e. The molecule has 2 atom stereocenters. The average Bonchev–Trinajstić information content (AvgIpc) is 3.47. The van der Waals surface area contributed by atoms with Gasteiger partial charge in [-0.15, -0.1) is 12.4 Å². The Balaban J connectivity index is 0.00000210. The number of hydrogen-bond donors (Lipinski definition) is 2. The van der Waals surface area contributed by atoms with E-state index in [-0.39, 0.29) is 24.2 Å². The van der Waals surface area contributed by atoms with E-state index in [4.69, 9.17) is 0 Å². The average molecular weight is 393 g/mol. The van der Waals surface area contributed by atoms with Crippen LogP contribution in [-0.2, 0) is 4.79 Å². The maximum atomic E-state index is 12.6. The van der Waals surface area contributed by atoms with E-state index < -0.39 is 0 Å². The molecule has 1 saturated carbocycles. The molecule has 0 radical (unpaired) electrons. The van der Waals surface area contributed by atoms with E-state index >= 15 is 0 Å². The Labute approximate surface area is 169 Å². The molecule has 1 aromatic carbocycles. The summed E-state index contributed by atoms with van der Waals surface area (Å²) < 4.78 is 0. The summed E-state index contributed by atoms with van der Waals surface area (Å²) in [4.78, 5) is 17.7. The minimum absolute atomic E-state index is 0. The van der Waals surface area contributed by atoms with Crippen molar-refractivity contribution in [1.82, 2.24) is 10.2 Å². The maximum absolute atomic E-state index is 12.6. The molecule has 3 fully saturated rings. The highest BCUT2D eigenvalue weighted by atomic mass is 35.5. The van der Waals surface area contributed by atoms with Crippen molar-refractivity contribution in [3.8, 4) is 0 Å². The van der Waals surface area contributed by atoms with Crippen molar-refractivity contribution in [2.24, 2.45) is 11.8 Å². The monoisotopic (exact) mass is 392 g/mol. The van der Waals surface area contributed by atoms with E-state index in [2.05, 4.69) is 45.6 Å². The Morgan fingerprint density at radius 3 is 2.67 bits per heavy atom. The van der Waals surface area contributed by atoms with Crippen LogP contribution in [0.3, 0.4) is 0 Å². The number of carbonyl (C=O) groups excluding carboxylic acids is 1. The second-order valence-electron chi connectivity index (χ2n) is 8.35. The van der Waals surface area contributed by atoms with Gasteiger partial charge in [0.25, 0.3) is 0 Å². The standard InChI is InChI=1S/C21H32N4O.ClH/c1-16-13-18(7-8-22-16)21(26)23-19-3-2-4-20(14-19)25-11-9-24(10-12-25)15-17-5-6-17;/h2-4,14,16-18,22H,5-13,15H2,1H3,(H,23,26);1H/t16-,18-;/m0./s1. The minimum atomic E-state index is 0. The van der Waals surface area contributed by atoms with E-state index in [1.807, 2.05) is 6.07 Å². The number of amides is 1. The van der Waals surface area contributed by atoms with Gasteiger partial charge in [-0.1, -0.05) is 6.07 Å². The van der Waals surface area contributed by atoms with Crippen molar-refractivity contribution in [2.75, 3.05) is 49.5 Å². The quantitative estimate of drug-likeness (QED) is 0.808. The fourth-order valence-electron chi connectivity index (χ4n) is 4.25. The van der Waals surface area contributed by atoms with Crippen LogP contribution in [0.1, 0.15) is 32.6 Å². The van der Waals surface area contributed by atoms with E-state index in [1.165, 1.54) is 25.1 Å². The first-order valence-corrected chi connectivity index (χ1v) is 10.3. The van der Waals surface area contributed by atoms with Crippen molar-refractivity contribution in [1.29, 1.82) is 0 Å². The number of piperazine rings is 1. The Morgan fingerprint density at radius 1 is 1.19 bits per heavy atom. The number of nitrogens with one attached hydrogen (secondary N) is 2. The zero-order valence-electron chi connectivity index (χ0n) is 16.3. The maximum Gasteiger partial charge on any atom is 0.227 e. The first-order chi connectivity index (χ1) is 12.7. The number of nitrogens with zero attached hydrogens (tertiary/aromatic N) is 2. The van der Waals surface area contributed by atoms with Crippen LogP contribution in [0, 0.1) is 11.8 Å². The zero-order chi connectivity index (χ0) is 17.9. The molecule has 1 aliphatic carbocycles. The molecule has 2 aliphatic heterocycles. The highest BCUT2D eigenvalue weighted by Gasteiger charge is 2.27. The molecule has 0 bridgehead atoms. The van der Waals surface area contributed by atoms with Gasteiger partial charge in [-0.05, 0) is 63.3 Å². The van der Waals surface area contributed by atoms with Crippen LogP contribution in [0.2, 0.25) is 0 Å². The number of benzene rings is 1. The molecule has 2 heterocycles. The molecule has 27 heavy (non-hydrogen) atoms. The second kappa shape index (κ2) is 9.26. The molecular weight excluding hydrogens is 360 g/mol. The number of rotatable bonds is 5. The molecule has 3 aliphatic rings. The Hall–Kier alpha value is -1.30. The lowest BCUT2D eigenvalue weighted by atomic mass is 9.92. The van der Waals surface area contributed by atoms with Crippen molar-refractivity contribution in [3.05, 3.63) is 24.3 Å². The van der Waals surface area contributed by atoms with E-state index in [0.717, 1.165) is 57.2 Å². The molecule has 150 valence electrons. The van der Waals surface area contributed by atoms with Crippen molar-refractivity contribution in [2.45, 2.75) is 38.6 Å². The molecule has 0 unspecified atom stereocenters. The largest absolute Gasteiger partial charge is 0.369 e. The fraction of sp³-hybridized carbons (Fsp3) is 0.667. The predicted octanol–water partition coefficient (Wildman–Crippen LogP) is 2.97. The topological polar surface area (TPSA) is 47.6 Å². The van der Waals surface area contributed by atoms with Crippen molar-refractivity contribution < 1.29 is 4.79 Å². The van der Waals surface area contributed by atoms with Gasteiger partial charge in [0.15, 0.2) is 0 Å². The van der Waals surface area contributed by atoms with Gasteiger partial charge in [-0.3, -0.25) is 9.69 Å². The molecule has 2 N–H and O–H groups in total. The van der Waals surface area contributed by atoms with Gasteiger partial charge in [0.1, 0.15) is 0 Å². The summed E-state index contributed by atoms with van der Waals surface area (Å²) in [6, 6.07) is 8.80. The molecule has 0 spiro atoms. The molecule has 1 aromatic rings. The summed E-state index contributed by atoms with van der Waals surface area (Å²) in [5.41, 5.74) is 2.16. The lowest BCUT2D eigenvalue weighted by Gasteiger charge is -2.36. The van der Waals surface area contributed by atoms with Gasteiger partial charge in [0.2, 0.25) is 5.91 Å². The lowest BCUT2D eigenvalue weighted by molar-refractivity contribution is -0.120. The summed E-state index contributed by atoms with van der Waals surface area (Å²) in [5.74, 6) is 1.27. The predicted molar refractivity (Wildman–Crippen MR) is 114 cm³/mol. The Morgan fingerprint density at radius 2 is 1.96 bits per heavy atom. The van der Waals surface area contributed by atoms with Gasteiger partial charge in [-0.2, -0.15) is 0 Å². The summed E-state index contributed by atoms with van der Waals surface area (Å²) in [6.45, 7) is 8.85. The third-order valence-corrected chi connectivity index (χ3v) is 6.06. The van der Waals surface area contributed by atoms with Crippen LogP contribution < -0.4 is 15.5 Å².